The molecule has 114 valence electrons. The number of hydrogen-bond acceptors (Lipinski definition) is 4. The maximum atomic E-state index is 13.3. The number of methoxy groups -OCH3 is 1. The predicted molar refractivity (Wildman–Crippen MR) is 76.4 cm³/mol. The van der Waals surface area contributed by atoms with Gasteiger partial charge in [-0.25, -0.2) is 4.39 Å². The summed E-state index contributed by atoms with van der Waals surface area (Å²) in [7, 11) is 1.51. The summed E-state index contributed by atoms with van der Waals surface area (Å²) < 4.78 is 23.7. The normalized spacial score (nSPS) is 13.3. The molecule has 0 amide bonds. The van der Waals surface area contributed by atoms with Crippen molar-refractivity contribution in [3.8, 4) is 5.75 Å². The molecule has 1 unspecified atom stereocenters. The summed E-state index contributed by atoms with van der Waals surface area (Å²) in [6, 6.07) is 4.37. The van der Waals surface area contributed by atoms with Crippen LogP contribution >= 0.6 is 0 Å². The number of rotatable bonds is 7. The lowest BCUT2D eigenvalue weighted by Crippen LogP contribution is -2.35. The number of hydrogen-bond donors (Lipinski definition) is 2. The van der Waals surface area contributed by atoms with Gasteiger partial charge in [-0.1, -0.05) is 0 Å². The Morgan fingerprint density at radius 2 is 2.00 bits per heavy atom. The van der Waals surface area contributed by atoms with Crippen molar-refractivity contribution in [2.45, 2.75) is 39.0 Å². The monoisotopic (exact) mass is 285 g/mol. The Labute approximate surface area is 119 Å². The van der Waals surface area contributed by atoms with E-state index in [2.05, 4.69) is 5.32 Å². The van der Waals surface area contributed by atoms with Crippen molar-refractivity contribution in [1.82, 2.24) is 5.32 Å². The molecular weight excluding hydrogens is 261 g/mol. The first-order valence-electron chi connectivity index (χ1n) is 6.65. The van der Waals surface area contributed by atoms with Crippen LogP contribution < -0.4 is 10.1 Å². The molecule has 20 heavy (non-hydrogen) atoms. The summed E-state index contributed by atoms with van der Waals surface area (Å²) >= 11 is 0. The molecule has 0 aliphatic heterocycles. The van der Waals surface area contributed by atoms with Gasteiger partial charge in [-0.05, 0) is 39.0 Å². The van der Waals surface area contributed by atoms with Gasteiger partial charge in [0.2, 0.25) is 0 Å². The highest BCUT2D eigenvalue weighted by Gasteiger charge is 2.13. The van der Waals surface area contributed by atoms with Crippen molar-refractivity contribution in [3.63, 3.8) is 0 Å². The first-order chi connectivity index (χ1) is 9.31. The molecule has 1 aromatic rings. The third kappa shape index (κ3) is 6.32. The van der Waals surface area contributed by atoms with Gasteiger partial charge in [0.25, 0.3) is 0 Å². The van der Waals surface area contributed by atoms with Crippen LogP contribution in [0.2, 0.25) is 0 Å². The van der Waals surface area contributed by atoms with Crippen molar-refractivity contribution < 1.29 is 19.0 Å². The fraction of sp³-hybridized carbons (Fsp3) is 0.600. The molecule has 2 N–H and O–H groups in total. The van der Waals surface area contributed by atoms with Crippen LogP contribution in [-0.2, 0) is 11.3 Å². The molecule has 4 nitrogen and oxygen atoms in total. The molecule has 1 aromatic carbocycles. The topological polar surface area (TPSA) is 50.7 Å². The zero-order chi connectivity index (χ0) is 15.2. The number of benzene rings is 1. The SMILES string of the molecule is COCC(O)COc1ccc(F)cc1CNC(C)(C)C. The van der Waals surface area contributed by atoms with Gasteiger partial charge in [-0.2, -0.15) is 0 Å². The summed E-state index contributed by atoms with van der Waals surface area (Å²) in [6.07, 6.45) is -0.700. The minimum absolute atomic E-state index is 0.0703. The van der Waals surface area contributed by atoms with Crippen molar-refractivity contribution in [2.24, 2.45) is 0 Å². The van der Waals surface area contributed by atoms with E-state index in [0.717, 1.165) is 5.56 Å². The molecule has 0 aliphatic rings. The predicted octanol–water partition coefficient (Wildman–Crippen LogP) is 2.10. The maximum Gasteiger partial charge on any atom is 0.124 e. The van der Waals surface area contributed by atoms with Gasteiger partial charge in [0, 0.05) is 24.8 Å². The Bertz CT molecular complexity index is 418. The first-order valence-corrected chi connectivity index (χ1v) is 6.65. The van der Waals surface area contributed by atoms with Gasteiger partial charge >= 0.3 is 0 Å². The van der Waals surface area contributed by atoms with Crippen LogP contribution in [0.4, 0.5) is 4.39 Å². The van der Waals surface area contributed by atoms with E-state index in [1.54, 1.807) is 6.07 Å². The second-order valence-electron chi connectivity index (χ2n) is 5.78. The average molecular weight is 285 g/mol. The Hall–Kier alpha value is -1.17. The quantitative estimate of drug-likeness (QED) is 0.805. The summed E-state index contributed by atoms with van der Waals surface area (Å²) in [5.41, 5.74) is 0.656. The number of nitrogens with one attached hydrogen (secondary N) is 1. The fourth-order valence-corrected chi connectivity index (χ4v) is 1.61. The van der Waals surface area contributed by atoms with E-state index < -0.39 is 6.10 Å². The summed E-state index contributed by atoms with van der Waals surface area (Å²) in [5, 5.41) is 12.9. The number of aliphatic hydroxyl groups is 1. The van der Waals surface area contributed by atoms with Crippen molar-refractivity contribution in [2.75, 3.05) is 20.3 Å². The molecule has 0 heterocycles. The highest BCUT2D eigenvalue weighted by molar-refractivity contribution is 5.34. The third-order valence-corrected chi connectivity index (χ3v) is 2.62. The second kappa shape index (κ2) is 7.57. The lowest BCUT2D eigenvalue weighted by molar-refractivity contribution is 0.0322. The smallest absolute Gasteiger partial charge is 0.124 e. The fourth-order valence-electron chi connectivity index (χ4n) is 1.61. The molecule has 0 saturated heterocycles. The minimum Gasteiger partial charge on any atom is -0.490 e. The van der Waals surface area contributed by atoms with Crippen LogP contribution in [0, 0.1) is 5.82 Å². The molecule has 0 bridgehead atoms. The van der Waals surface area contributed by atoms with Crippen LogP contribution in [0.5, 0.6) is 5.75 Å². The highest BCUT2D eigenvalue weighted by atomic mass is 19.1. The lowest BCUT2D eigenvalue weighted by atomic mass is 10.1. The molecule has 0 fully saturated rings. The van der Waals surface area contributed by atoms with E-state index >= 15 is 0 Å². The molecule has 1 rings (SSSR count). The van der Waals surface area contributed by atoms with Crippen LogP contribution in [0.15, 0.2) is 18.2 Å². The average Bonchev–Trinajstić information content (AvgIpc) is 2.34. The van der Waals surface area contributed by atoms with E-state index in [1.807, 2.05) is 20.8 Å². The van der Waals surface area contributed by atoms with Crippen LogP contribution in [0.3, 0.4) is 0 Å². The van der Waals surface area contributed by atoms with Gasteiger partial charge in [0.05, 0.1) is 6.61 Å². The lowest BCUT2D eigenvalue weighted by Gasteiger charge is -2.22. The van der Waals surface area contributed by atoms with Gasteiger partial charge in [-0.15, -0.1) is 0 Å². The Kier molecular flexibility index (Phi) is 6.39. The zero-order valence-electron chi connectivity index (χ0n) is 12.6. The molecule has 0 radical (unpaired) electrons. The van der Waals surface area contributed by atoms with Gasteiger partial charge < -0.3 is 19.9 Å². The van der Waals surface area contributed by atoms with Gasteiger partial charge in [-0.3, -0.25) is 0 Å². The molecule has 0 aliphatic carbocycles. The van der Waals surface area contributed by atoms with Gasteiger partial charge in [0.15, 0.2) is 0 Å². The highest BCUT2D eigenvalue weighted by Crippen LogP contribution is 2.20. The van der Waals surface area contributed by atoms with E-state index in [0.29, 0.717) is 12.3 Å². The van der Waals surface area contributed by atoms with Crippen molar-refractivity contribution in [1.29, 1.82) is 0 Å². The third-order valence-electron chi connectivity index (χ3n) is 2.62. The number of aliphatic hydroxyl groups excluding tert-OH is 1. The molecule has 1 atom stereocenters. The Balaban J connectivity index is 2.69. The van der Waals surface area contributed by atoms with Crippen LogP contribution in [0.1, 0.15) is 26.3 Å². The Morgan fingerprint density at radius 1 is 1.30 bits per heavy atom. The number of ether oxygens (including phenoxy) is 2. The number of halogens is 1. The van der Waals surface area contributed by atoms with E-state index in [-0.39, 0.29) is 24.6 Å². The maximum absolute atomic E-state index is 13.3. The minimum atomic E-state index is -0.700. The van der Waals surface area contributed by atoms with E-state index in [1.165, 1.54) is 19.2 Å². The summed E-state index contributed by atoms with van der Waals surface area (Å²) in [6.45, 7) is 6.93. The molecule has 5 heteroatoms. The molecule has 0 aromatic heterocycles. The van der Waals surface area contributed by atoms with Crippen molar-refractivity contribution in [3.05, 3.63) is 29.6 Å². The first kappa shape index (κ1) is 16.9. The van der Waals surface area contributed by atoms with Crippen LogP contribution in [-0.4, -0.2) is 37.1 Å². The zero-order valence-corrected chi connectivity index (χ0v) is 12.6. The van der Waals surface area contributed by atoms with E-state index in [4.69, 9.17) is 9.47 Å². The summed E-state index contributed by atoms with van der Waals surface area (Å²) in [4.78, 5) is 0. The second-order valence-corrected chi connectivity index (χ2v) is 5.78. The summed E-state index contributed by atoms with van der Waals surface area (Å²) in [5.74, 6) is 0.263. The standard InChI is InChI=1S/C15H24FNO3/c1-15(2,3)17-8-11-7-12(16)5-6-14(11)20-10-13(18)9-19-4/h5-7,13,17-18H,8-10H2,1-4H3. The van der Waals surface area contributed by atoms with Crippen molar-refractivity contribution >= 4 is 0 Å². The Morgan fingerprint density at radius 3 is 2.60 bits per heavy atom. The molecule has 0 spiro atoms. The van der Waals surface area contributed by atoms with Gasteiger partial charge in [0.1, 0.15) is 24.3 Å². The largest absolute Gasteiger partial charge is 0.490 e. The van der Waals surface area contributed by atoms with E-state index in [9.17, 15) is 9.50 Å². The molecule has 0 saturated carbocycles. The van der Waals surface area contributed by atoms with Crippen LogP contribution in [0.25, 0.3) is 0 Å². The molecular formula is C15H24FNO3.